The fraction of sp³-hybridized carbons (Fsp3) is 0.727. The molecule has 0 aromatic heterocycles. The molecule has 0 unspecified atom stereocenters. The first-order chi connectivity index (χ1) is 7.76. The molecule has 1 aliphatic rings. The first-order valence-corrected chi connectivity index (χ1v) is 6.02. The highest BCUT2D eigenvalue weighted by molar-refractivity contribution is 7.80. The van der Waals surface area contributed by atoms with Crippen LogP contribution in [-0.4, -0.2) is 52.8 Å². The van der Waals surface area contributed by atoms with E-state index < -0.39 is 5.41 Å². The third kappa shape index (κ3) is 2.94. The van der Waals surface area contributed by atoms with Crippen molar-refractivity contribution in [2.24, 2.45) is 11.1 Å². The Morgan fingerprint density at radius 1 is 1.12 bits per heavy atom. The Labute approximate surface area is 107 Å². The number of nitrogens with zero attached hydrogens (tertiary/aromatic N) is 2. The molecule has 0 aromatic rings. The molecule has 1 saturated heterocycles. The van der Waals surface area contributed by atoms with Gasteiger partial charge in [-0.25, -0.2) is 0 Å². The van der Waals surface area contributed by atoms with Crippen molar-refractivity contribution in [3.63, 3.8) is 0 Å². The van der Waals surface area contributed by atoms with Crippen LogP contribution in [-0.2, 0) is 9.59 Å². The fourth-order valence-corrected chi connectivity index (χ4v) is 1.81. The van der Waals surface area contributed by atoms with Gasteiger partial charge in [-0.05, 0) is 13.8 Å². The molecule has 1 rings (SSSR count). The number of thiocarbonyl (C=S) groups is 1. The van der Waals surface area contributed by atoms with Crippen LogP contribution < -0.4 is 5.73 Å². The van der Waals surface area contributed by atoms with E-state index in [1.807, 2.05) is 0 Å². The zero-order valence-electron chi connectivity index (χ0n) is 10.5. The van der Waals surface area contributed by atoms with Crippen LogP contribution in [0.25, 0.3) is 0 Å². The van der Waals surface area contributed by atoms with Gasteiger partial charge >= 0.3 is 0 Å². The second kappa shape index (κ2) is 5.00. The van der Waals surface area contributed by atoms with Crippen LogP contribution in [0.2, 0.25) is 0 Å². The highest BCUT2D eigenvalue weighted by Gasteiger charge is 2.36. The molecule has 96 valence electrons. The molecular formula is C11H19N3O2S. The van der Waals surface area contributed by atoms with Crippen molar-refractivity contribution in [3.8, 4) is 0 Å². The minimum absolute atomic E-state index is 0.0469. The number of hydrogen-bond donors (Lipinski definition) is 1. The summed E-state index contributed by atoms with van der Waals surface area (Å²) >= 11 is 4.91. The van der Waals surface area contributed by atoms with Crippen molar-refractivity contribution in [1.29, 1.82) is 0 Å². The van der Waals surface area contributed by atoms with Gasteiger partial charge in [-0.1, -0.05) is 12.2 Å². The number of piperazine rings is 1. The molecule has 6 heteroatoms. The van der Waals surface area contributed by atoms with Gasteiger partial charge in [0.2, 0.25) is 11.8 Å². The van der Waals surface area contributed by atoms with Crippen LogP contribution in [0.3, 0.4) is 0 Å². The zero-order valence-corrected chi connectivity index (χ0v) is 11.3. The molecule has 5 nitrogen and oxygen atoms in total. The summed E-state index contributed by atoms with van der Waals surface area (Å²) in [4.78, 5) is 27.0. The van der Waals surface area contributed by atoms with Crippen LogP contribution >= 0.6 is 12.2 Å². The normalized spacial score (nSPS) is 16.9. The summed E-state index contributed by atoms with van der Waals surface area (Å²) in [5, 5.41) is 0. The summed E-state index contributed by atoms with van der Waals surface area (Å²) in [7, 11) is 0. The second-order valence-electron chi connectivity index (χ2n) is 4.79. The fourth-order valence-electron chi connectivity index (χ4n) is 1.73. The number of carbonyl (C=O) groups excluding carboxylic acids is 2. The van der Waals surface area contributed by atoms with Crippen LogP contribution in [0.5, 0.6) is 0 Å². The first-order valence-electron chi connectivity index (χ1n) is 5.61. The van der Waals surface area contributed by atoms with Crippen molar-refractivity contribution in [2.75, 3.05) is 26.2 Å². The third-order valence-electron chi connectivity index (χ3n) is 3.16. The highest BCUT2D eigenvalue weighted by Crippen LogP contribution is 2.20. The molecule has 0 spiro atoms. The molecule has 0 radical (unpaired) electrons. The van der Waals surface area contributed by atoms with E-state index >= 15 is 0 Å². The van der Waals surface area contributed by atoms with Crippen molar-refractivity contribution in [2.45, 2.75) is 20.8 Å². The van der Waals surface area contributed by atoms with Gasteiger partial charge in [0.1, 0.15) is 0 Å². The molecule has 17 heavy (non-hydrogen) atoms. The molecule has 1 aliphatic heterocycles. The predicted molar refractivity (Wildman–Crippen MR) is 69.4 cm³/mol. The molecule has 0 atom stereocenters. The quantitative estimate of drug-likeness (QED) is 0.707. The minimum Gasteiger partial charge on any atom is -0.392 e. The van der Waals surface area contributed by atoms with Gasteiger partial charge in [0.25, 0.3) is 0 Å². The molecule has 1 fully saturated rings. The Morgan fingerprint density at radius 3 is 1.88 bits per heavy atom. The maximum atomic E-state index is 12.2. The van der Waals surface area contributed by atoms with Gasteiger partial charge in [0.15, 0.2) is 0 Å². The number of nitrogens with two attached hydrogens (primary N) is 1. The number of amides is 2. The van der Waals surface area contributed by atoms with E-state index in [1.165, 1.54) is 6.92 Å². The Kier molecular flexibility index (Phi) is 4.08. The van der Waals surface area contributed by atoms with Crippen LogP contribution in [0.4, 0.5) is 0 Å². The van der Waals surface area contributed by atoms with E-state index in [2.05, 4.69) is 0 Å². The van der Waals surface area contributed by atoms with Crippen LogP contribution in [0.1, 0.15) is 20.8 Å². The summed E-state index contributed by atoms with van der Waals surface area (Å²) in [6, 6.07) is 0. The molecule has 0 bridgehead atoms. The molecule has 2 amide bonds. The van der Waals surface area contributed by atoms with Gasteiger partial charge in [0, 0.05) is 33.1 Å². The largest absolute Gasteiger partial charge is 0.392 e. The summed E-state index contributed by atoms with van der Waals surface area (Å²) in [5.74, 6) is -0.0149. The zero-order chi connectivity index (χ0) is 13.2. The van der Waals surface area contributed by atoms with Gasteiger partial charge < -0.3 is 15.5 Å². The van der Waals surface area contributed by atoms with E-state index in [0.29, 0.717) is 26.2 Å². The van der Waals surface area contributed by atoms with Gasteiger partial charge in [-0.2, -0.15) is 0 Å². The van der Waals surface area contributed by atoms with Gasteiger partial charge in [0.05, 0.1) is 10.4 Å². The number of carbonyl (C=O) groups is 2. The smallest absolute Gasteiger partial charge is 0.235 e. The lowest BCUT2D eigenvalue weighted by Gasteiger charge is -2.37. The SMILES string of the molecule is CC(=O)N1CCN(C(=O)C(C)(C)C(N)=S)CC1. The Hall–Kier alpha value is -1.17. The second-order valence-corrected chi connectivity index (χ2v) is 5.23. The third-order valence-corrected chi connectivity index (χ3v) is 3.67. The summed E-state index contributed by atoms with van der Waals surface area (Å²) in [5.41, 5.74) is 4.76. The van der Waals surface area contributed by atoms with Crippen molar-refractivity contribution < 1.29 is 9.59 Å². The maximum Gasteiger partial charge on any atom is 0.235 e. The molecule has 2 N–H and O–H groups in total. The maximum absolute atomic E-state index is 12.2. The molecule has 0 aliphatic carbocycles. The Balaban J connectivity index is 2.63. The lowest BCUT2D eigenvalue weighted by molar-refractivity contribution is -0.142. The number of rotatable bonds is 2. The Morgan fingerprint density at radius 2 is 1.53 bits per heavy atom. The first kappa shape index (κ1) is 13.9. The molecule has 0 saturated carbocycles. The minimum atomic E-state index is -0.812. The van der Waals surface area contributed by atoms with Crippen LogP contribution in [0.15, 0.2) is 0 Å². The predicted octanol–water partition coefficient (Wildman–Crippen LogP) is -0.0106. The van der Waals surface area contributed by atoms with Crippen molar-refractivity contribution >= 4 is 29.0 Å². The summed E-state index contributed by atoms with van der Waals surface area (Å²) in [6.45, 7) is 7.25. The van der Waals surface area contributed by atoms with E-state index in [0.717, 1.165) is 0 Å². The molecule has 0 aromatic carbocycles. The topological polar surface area (TPSA) is 66.6 Å². The highest BCUT2D eigenvalue weighted by atomic mass is 32.1. The summed E-state index contributed by atoms with van der Waals surface area (Å²) < 4.78 is 0. The number of hydrogen-bond acceptors (Lipinski definition) is 3. The van der Waals surface area contributed by atoms with Gasteiger partial charge in [-0.3, -0.25) is 9.59 Å². The average molecular weight is 257 g/mol. The molecular weight excluding hydrogens is 238 g/mol. The standard InChI is InChI=1S/C11H19N3O2S/c1-8(15)13-4-6-14(7-5-13)10(16)11(2,3)9(12)17/h4-7H2,1-3H3,(H2,12,17). The Bertz CT molecular complexity index is 347. The molecule has 1 heterocycles. The van der Waals surface area contributed by atoms with Crippen LogP contribution in [0, 0.1) is 5.41 Å². The average Bonchev–Trinajstić information content (AvgIpc) is 2.27. The van der Waals surface area contributed by atoms with Crippen molar-refractivity contribution in [1.82, 2.24) is 9.80 Å². The summed E-state index contributed by atoms with van der Waals surface area (Å²) in [6.07, 6.45) is 0. The van der Waals surface area contributed by atoms with E-state index in [1.54, 1.807) is 23.6 Å². The van der Waals surface area contributed by atoms with E-state index in [9.17, 15) is 9.59 Å². The lowest BCUT2D eigenvalue weighted by Crippen LogP contribution is -2.55. The van der Waals surface area contributed by atoms with Gasteiger partial charge in [-0.15, -0.1) is 0 Å². The van der Waals surface area contributed by atoms with E-state index in [-0.39, 0.29) is 16.8 Å². The van der Waals surface area contributed by atoms with Crippen molar-refractivity contribution in [3.05, 3.63) is 0 Å². The lowest BCUT2D eigenvalue weighted by atomic mass is 9.91. The monoisotopic (exact) mass is 257 g/mol. The van der Waals surface area contributed by atoms with E-state index in [4.69, 9.17) is 18.0 Å².